The number of rotatable bonds is 3. The number of furan rings is 1. The van der Waals surface area contributed by atoms with Crippen molar-refractivity contribution >= 4 is 21.7 Å². The molecule has 0 fully saturated rings. The average molecular weight is 280 g/mol. The summed E-state index contributed by atoms with van der Waals surface area (Å²) in [5.41, 5.74) is 1.39. The summed E-state index contributed by atoms with van der Waals surface area (Å²) in [4.78, 5) is 16.2. The molecule has 2 aromatic rings. The topological polar surface area (TPSA) is 43.1 Å². The third kappa shape index (κ3) is 1.93. The average Bonchev–Trinajstić information content (AvgIpc) is 2.74. The van der Waals surface area contributed by atoms with Gasteiger partial charge < -0.3 is 4.42 Å². The maximum atomic E-state index is 12.1. The van der Waals surface area contributed by atoms with Gasteiger partial charge in [-0.25, -0.2) is 0 Å². The highest BCUT2D eigenvalue weighted by molar-refractivity contribution is 9.10. The summed E-state index contributed by atoms with van der Waals surface area (Å²) >= 11 is 3.27. The Bertz CT molecular complexity index is 519. The van der Waals surface area contributed by atoms with Crippen molar-refractivity contribution in [2.45, 2.75) is 13.3 Å². The molecule has 0 aliphatic heterocycles. The molecule has 4 heteroatoms. The predicted molar refractivity (Wildman–Crippen MR) is 63.5 cm³/mol. The van der Waals surface area contributed by atoms with Crippen LogP contribution in [-0.4, -0.2) is 10.8 Å². The van der Waals surface area contributed by atoms with Crippen LogP contribution in [-0.2, 0) is 6.42 Å². The Hall–Kier alpha value is -1.42. The van der Waals surface area contributed by atoms with E-state index in [1.807, 2.05) is 19.1 Å². The van der Waals surface area contributed by atoms with Crippen LogP contribution in [0.2, 0.25) is 0 Å². The zero-order valence-corrected chi connectivity index (χ0v) is 10.3. The van der Waals surface area contributed by atoms with Gasteiger partial charge in [-0.2, -0.15) is 0 Å². The largest absolute Gasteiger partial charge is 0.460 e. The van der Waals surface area contributed by atoms with E-state index in [4.69, 9.17) is 4.42 Å². The molecule has 0 amide bonds. The quantitative estimate of drug-likeness (QED) is 0.811. The van der Waals surface area contributed by atoms with Crippen molar-refractivity contribution in [3.8, 4) is 0 Å². The first-order valence-corrected chi connectivity index (χ1v) is 5.75. The summed E-state index contributed by atoms with van der Waals surface area (Å²) in [6.07, 6.45) is 3.86. The number of hydrogen-bond donors (Lipinski definition) is 0. The summed E-state index contributed by atoms with van der Waals surface area (Å²) in [5, 5.41) is 0. The van der Waals surface area contributed by atoms with Gasteiger partial charge in [0, 0.05) is 6.20 Å². The Balaban J connectivity index is 2.46. The third-order valence-electron chi connectivity index (χ3n) is 2.31. The number of ketones is 1. The van der Waals surface area contributed by atoms with Gasteiger partial charge in [0.25, 0.3) is 0 Å². The number of hydrogen-bond acceptors (Lipinski definition) is 3. The van der Waals surface area contributed by atoms with Crippen LogP contribution in [0.1, 0.15) is 28.7 Å². The number of aryl methyl sites for hydroxylation is 1. The Kier molecular flexibility index (Phi) is 3.19. The second-order valence-electron chi connectivity index (χ2n) is 3.29. The van der Waals surface area contributed by atoms with Gasteiger partial charge in [-0.15, -0.1) is 0 Å². The summed E-state index contributed by atoms with van der Waals surface area (Å²) in [6.45, 7) is 1.99. The molecule has 0 radical (unpaired) electrons. The number of aromatic nitrogens is 1. The maximum Gasteiger partial charge on any atom is 0.247 e. The molecule has 0 atom stereocenters. The van der Waals surface area contributed by atoms with Gasteiger partial charge in [-0.3, -0.25) is 9.78 Å². The first kappa shape index (κ1) is 11.1. The van der Waals surface area contributed by atoms with Gasteiger partial charge in [-0.05, 0) is 40.0 Å². The second kappa shape index (κ2) is 4.61. The number of carbonyl (C=O) groups excluding carboxylic acids is 1. The molecule has 2 heterocycles. The number of nitrogens with zero attached hydrogens (tertiary/aromatic N) is 1. The fourth-order valence-electron chi connectivity index (χ4n) is 1.49. The Morgan fingerprint density at radius 3 is 2.94 bits per heavy atom. The summed E-state index contributed by atoms with van der Waals surface area (Å²) < 4.78 is 5.80. The molecule has 16 heavy (non-hydrogen) atoms. The maximum absolute atomic E-state index is 12.1. The summed E-state index contributed by atoms with van der Waals surface area (Å²) in [6, 6.07) is 5.42. The van der Waals surface area contributed by atoms with E-state index in [1.54, 1.807) is 12.3 Å². The SMILES string of the molecule is CCc1cccnc1C(=O)c1occc1Br. The molecule has 0 bridgehead atoms. The van der Waals surface area contributed by atoms with E-state index in [2.05, 4.69) is 20.9 Å². The van der Waals surface area contributed by atoms with Crippen molar-refractivity contribution in [1.82, 2.24) is 4.98 Å². The minimum absolute atomic E-state index is 0.186. The Morgan fingerprint density at radius 1 is 1.50 bits per heavy atom. The van der Waals surface area contributed by atoms with E-state index in [-0.39, 0.29) is 5.78 Å². The molecule has 0 unspecified atom stereocenters. The van der Waals surface area contributed by atoms with Gasteiger partial charge in [0.1, 0.15) is 5.69 Å². The van der Waals surface area contributed by atoms with Crippen molar-refractivity contribution in [2.24, 2.45) is 0 Å². The van der Waals surface area contributed by atoms with Gasteiger partial charge in [-0.1, -0.05) is 13.0 Å². The molecular formula is C12H10BrNO2. The van der Waals surface area contributed by atoms with Crippen molar-refractivity contribution in [3.63, 3.8) is 0 Å². The lowest BCUT2D eigenvalue weighted by Gasteiger charge is -2.03. The summed E-state index contributed by atoms with van der Waals surface area (Å²) in [5.74, 6) is 0.114. The highest BCUT2D eigenvalue weighted by Crippen LogP contribution is 2.21. The van der Waals surface area contributed by atoms with E-state index in [0.717, 1.165) is 12.0 Å². The van der Waals surface area contributed by atoms with Crippen LogP contribution in [0, 0.1) is 0 Å². The molecule has 0 spiro atoms. The lowest BCUT2D eigenvalue weighted by atomic mass is 10.1. The molecule has 2 aromatic heterocycles. The smallest absolute Gasteiger partial charge is 0.247 e. The molecular weight excluding hydrogens is 270 g/mol. The zero-order valence-electron chi connectivity index (χ0n) is 8.74. The summed E-state index contributed by atoms with van der Waals surface area (Å²) in [7, 11) is 0. The molecule has 0 aromatic carbocycles. The first-order valence-electron chi connectivity index (χ1n) is 4.95. The van der Waals surface area contributed by atoms with Crippen LogP contribution >= 0.6 is 15.9 Å². The predicted octanol–water partition coefficient (Wildman–Crippen LogP) is 3.23. The van der Waals surface area contributed by atoms with Crippen molar-refractivity contribution in [1.29, 1.82) is 0 Å². The van der Waals surface area contributed by atoms with Gasteiger partial charge in [0.15, 0.2) is 5.76 Å². The van der Waals surface area contributed by atoms with Crippen LogP contribution in [0.3, 0.4) is 0 Å². The van der Waals surface area contributed by atoms with Crippen LogP contribution in [0.15, 0.2) is 39.5 Å². The van der Waals surface area contributed by atoms with Gasteiger partial charge in [0.05, 0.1) is 10.7 Å². The number of halogens is 1. The fraction of sp³-hybridized carbons (Fsp3) is 0.167. The van der Waals surface area contributed by atoms with Crippen LogP contribution in [0.5, 0.6) is 0 Å². The monoisotopic (exact) mass is 279 g/mol. The van der Waals surface area contributed by atoms with E-state index in [9.17, 15) is 4.79 Å². The van der Waals surface area contributed by atoms with Crippen molar-refractivity contribution in [2.75, 3.05) is 0 Å². The van der Waals surface area contributed by atoms with Gasteiger partial charge in [0.2, 0.25) is 5.78 Å². The molecule has 2 rings (SSSR count). The van der Waals surface area contributed by atoms with E-state index in [0.29, 0.717) is 15.9 Å². The molecule has 0 saturated carbocycles. The molecule has 82 valence electrons. The fourth-order valence-corrected chi connectivity index (χ4v) is 1.87. The van der Waals surface area contributed by atoms with Crippen LogP contribution in [0.4, 0.5) is 0 Å². The second-order valence-corrected chi connectivity index (χ2v) is 4.15. The minimum atomic E-state index is -0.186. The lowest BCUT2D eigenvalue weighted by Crippen LogP contribution is -2.07. The number of carbonyl (C=O) groups is 1. The lowest BCUT2D eigenvalue weighted by molar-refractivity contribution is 0.100. The zero-order chi connectivity index (χ0) is 11.5. The van der Waals surface area contributed by atoms with Gasteiger partial charge >= 0.3 is 0 Å². The molecule has 0 saturated heterocycles. The van der Waals surface area contributed by atoms with Crippen LogP contribution in [0.25, 0.3) is 0 Å². The highest BCUT2D eigenvalue weighted by atomic mass is 79.9. The standard InChI is InChI=1S/C12H10BrNO2/c1-2-8-4-3-6-14-10(8)11(15)12-9(13)5-7-16-12/h3-7H,2H2,1H3. The number of pyridine rings is 1. The first-order chi connectivity index (χ1) is 7.74. The highest BCUT2D eigenvalue weighted by Gasteiger charge is 2.19. The van der Waals surface area contributed by atoms with Crippen LogP contribution < -0.4 is 0 Å². The normalized spacial score (nSPS) is 10.4. The third-order valence-corrected chi connectivity index (χ3v) is 2.94. The van der Waals surface area contributed by atoms with E-state index in [1.165, 1.54) is 6.26 Å². The molecule has 0 aliphatic carbocycles. The van der Waals surface area contributed by atoms with E-state index < -0.39 is 0 Å². The Morgan fingerprint density at radius 2 is 2.31 bits per heavy atom. The molecule has 3 nitrogen and oxygen atoms in total. The van der Waals surface area contributed by atoms with E-state index >= 15 is 0 Å². The minimum Gasteiger partial charge on any atom is -0.460 e. The molecule has 0 N–H and O–H groups in total. The Labute approximate surface area is 102 Å². The molecule has 0 aliphatic rings. The van der Waals surface area contributed by atoms with Crippen molar-refractivity contribution < 1.29 is 9.21 Å². The van der Waals surface area contributed by atoms with Crippen molar-refractivity contribution in [3.05, 3.63) is 52.1 Å².